The van der Waals surface area contributed by atoms with Crippen molar-refractivity contribution in [2.24, 2.45) is 17.8 Å². The van der Waals surface area contributed by atoms with Crippen molar-refractivity contribution in [3.63, 3.8) is 0 Å². The summed E-state index contributed by atoms with van der Waals surface area (Å²) in [7, 11) is 2.29. The molecule has 0 amide bonds. The fourth-order valence-corrected chi connectivity index (χ4v) is 2.62. The lowest BCUT2D eigenvalue weighted by Crippen LogP contribution is -2.30. The van der Waals surface area contributed by atoms with Crippen molar-refractivity contribution in [1.82, 2.24) is 4.90 Å². The monoisotopic (exact) mass is 169 g/mol. The molecular formula is C11H23N. The molecule has 3 unspecified atom stereocenters. The topological polar surface area (TPSA) is 3.24 Å². The van der Waals surface area contributed by atoms with Crippen LogP contribution in [0.25, 0.3) is 0 Å². The average molecular weight is 169 g/mol. The van der Waals surface area contributed by atoms with E-state index >= 15 is 0 Å². The van der Waals surface area contributed by atoms with E-state index in [0.717, 1.165) is 23.8 Å². The number of hydrogen-bond acceptors (Lipinski definition) is 1. The summed E-state index contributed by atoms with van der Waals surface area (Å²) in [5.41, 5.74) is 0. The van der Waals surface area contributed by atoms with Crippen LogP contribution in [-0.2, 0) is 0 Å². The number of likely N-dealkylation sites (tertiary alicyclic amines) is 1. The minimum absolute atomic E-state index is 0. The Labute approximate surface area is 77.1 Å². The molecule has 0 aromatic heterocycles. The third-order valence-electron chi connectivity index (χ3n) is 3.27. The highest BCUT2D eigenvalue weighted by Gasteiger charge is 2.50. The Balaban J connectivity index is 0.000000720. The Morgan fingerprint density at radius 3 is 2.50 bits per heavy atom. The third kappa shape index (κ3) is 1.66. The van der Waals surface area contributed by atoms with Crippen LogP contribution in [0.15, 0.2) is 0 Å². The highest BCUT2D eigenvalue weighted by Crippen LogP contribution is 2.50. The van der Waals surface area contributed by atoms with E-state index in [2.05, 4.69) is 25.8 Å². The van der Waals surface area contributed by atoms with Gasteiger partial charge in [-0.1, -0.05) is 21.3 Å². The normalized spacial score (nSPS) is 39.5. The van der Waals surface area contributed by atoms with Gasteiger partial charge in [-0.15, -0.1) is 0 Å². The van der Waals surface area contributed by atoms with Crippen LogP contribution in [0.1, 0.15) is 34.1 Å². The molecule has 12 heavy (non-hydrogen) atoms. The molecular weight excluding hydrogens is 146 g/mol. The second-order valence-electron chi connectivity index (χ2n) is 4.80. The Morgan fingerprint density at radius 2 is 2.08 bits per heavy atom. The van der Waals surface area contributed by atoms with Gasteiger partial charge in [0, 0.05) is 12.6 Å². The summed E-state index contributed by atoms with van der Waals surface area (Å²) in [4.78, 5) is 2.57. The SMILES string of the molecule is C.CC(C)CC1C2CC2CN1C. The van der Waals surface area contributed by atoms with Gasteiger partial charge in [-0.3, -0.25) is 0 Å². The molecule has 2 fully saturated rings. The molecule has 0 aromatic rings. The van der Waals surface area contributed by atoms with E-state index in [1.54, 1.807) is 0 Å². The maximum absolute atomic E-state index is 2.57. The summed E-state index contributed by atoms with van der Waals surface area (Å²) in [5, 5.41) is 0. The molecule has 1 saturated heterocycles. The Morgan fingerprint density at radius 1 is 1.42 bits per heavy atom. The quantitative estimate of drug-likeness (QED) is 0.614. The number of fused-ring (bicyclic) bond motifs is 1. The van der Waals surface area contributed by atoms with Gasteiger partial charge in [-0.25, -0.2) is 0 Å². The summed E-state index contributed by atoms with van der Waals surface area (Å²) in [5.74, 6) is 3.05. The second-order valence-corrected chi connectivity index (χ2v) is 4.80. The van der Waals surface area contributed by atoms with E-state index in [1.165, 1.54) is 19.4 Å². The molecule has 0 aromatic carbocycles. The minimum Gasteiger partial charge on any atom is -0.303 e. The largest absolute Gasteiger partial charge is 0.303 e. The molecule has 72 valence electrons. The molecule has 1 nitrogen and oxygen atoms in total. The molecule has 1 saturated carbocycles. The molecule has 0 N–H and O–H groups in total. The van der Waals surface area contributed by atoms with Crippen molar-refractivity contribution in [2.45, 2.75) is 40.2 Å². The fourth-order valence-electron chi connectivity index (χ4n) is 2.62. The first-order valence-corrected chi connectivity index (χ1v) is 4.88. The standard InChI is InChI=1S/C10H19N.CH4/c1-7(2)4-10-9-5-8(9)6-11(10)3;/h7-10H,4-6H2,1-3H3;1H4. The van der Waals surface area contributed by atoms with Crippen LogP contribution in [0.4, 0.5) is 0 Å². The highest BCUT2D eigenvalue weighted by atomic mass is 15.2. The smallest absolute Gasteiger partial charge is 0.0126 e. The molecule has 1 aliphatic carbocycles. The van der Waals surface area contributed by atoms with Gasteiger partial charge in [-0.05, 0) is 37.6 Å². The van der Waals surface area contributed by atoms with Crippen molar-refractivity contribution >= 4 is 0 Å². The summed E-state index contributed by atoms with van der Waals surface area (Å²) in [6.07, 6.45) is 2.94. The lowest BCUT2D eigenvalue weighted by molar-refractivity contribution is 0.236. The van der Waals surface area contributed by atoms with Crippen LogP contribution >= 0.6 is 0 Å². The van der Waals surface area contributed by atoms with E-state index in [-0.39, 0.29) is 7.43 Å². The van der Waals surface area contributed by atoms with E-state index in [4.69, 9.17) is 0 Å². The van der Waals surface area contributed by atoms with Gasteiger partial charge in [-0.2, -0.15) is 0 Å². The van der Waals surface area contributed by atoms with E-state index in [9.17, 15) is 0 Å². The summed E-state index contributed by atoms with van der Waals surface area (Å²) >= 11 is 0. The molecule has 0 bridgehead atoms. The Kier molecular flexibility index (Phi) is 2.82. The van der Waals surface area contributed by atoms with Gasteiger partial charge < -0.3 is 4.90 Å². The first-order valence-electron chi connectivity index (χ1n) is 4.88. The van der Waals surface area contributed by atoms with E-state index in [0.29, 0.717) is 0 Å². The summed E-state index contributed by atoms with van der Waals surface area (Å²) in [6.45, 7) is 6.05. The Hall–Kier alpha value is -0.0400. The zero-order chi connectivity index (χ0) is 8.01. The predicted molar refractivity (Wildman–Crippen MR) is 54.2 cm³/mol. The molecule has 0 spiro atoms. The lowest BCUT2D eigenvalue weighted by Gasteiger charge is -2.24. The Bertz CT molecular complexity index is 151. The molecule has 0 radical (unpaired) electrons. The van der Waals surface area contributed by atoms with Crippen LogP contribution in [0.5, 0.6) is 0 Å². The summed E-state index contributed by atoms with van der Waals surface area (Å²) in [6, 6.07) is 0.931. The fraction of sp³-hybridized carbons (Fsp3) is 1.00. The first-order chi connectivity index (χ1) is 5.18. The number of nitrogens with zero attached hydrogens (tertiary/aromatic N) is 1. The highest BCUT2D eigenvalue weighted by molar-refractivity contribution is 5.03. The van der Waals surface area contributed by atoms with Crippen molar-refractivity contribution < 1.29 is 0 Å². The van der Waals surface area contributed by atoms with Crippen LogP contribution in [0.3, 0.4) is 0 Å². The molecule has 3 atom stereocenters. The van der Waals surface area contributed by atoms with Crippen LogP contribution in [-0.4, -0.2) is 24.5 Å². The second kappa shape index (κ2) is 3.37. The van der Waals surface area contributed by atoms with Gasteiger partial charge >= 0.3 is 0 Å². The van der Waals surface area contributed by atoms with Crippen LogP contribution in [0.2, 0.25) is 0 Å². The van der Waals surface area contributed by atoms with Crippen molar-refractivity contribution in [1.29, 1.82) is 0 Å². The molecule has 1 heteroatoms. The average Bonchev–Trinajstić information content (AvgIpc) is 2.56. The number of rotatable bonds is 2. The maximum Gasteiger partial charge on any atom is 0.0126 e. The van der Waals surface area contributed by atoms with Crippen molar-refractivity contribution in [3.05, 3.63) is 0 Å². The predicted octanol–water partition coefficient (Wildman–Crippen LogP) is 2.62. The van der Waals surface area contributed by atoms with E-state index in [1.807, 2.05) is 0 Å². The zero-order valence-corrected chi connectivity index (χ0v) is 7.88. The van der Waals surface area contributed by atoms with Crippen LogP contribution < -0.4 is 0 Å². The molecule has 1 heterocycles. The molecule has 1 aliphatic heterocycles. The van der Waals surface area contributed by atoms with Gasteiger partial charge in [0.2, 0.25) is 0 Å². The maximum atomic E-state index is 2.57. The van der Waals surface area contributed by atoms with Gasteiger partial charge in [0.1, 0.15) is 0 Å². The van der Waals surface area contributed by atoms with E-state index < -0.39 is 0 Å². The van der Waals surface area contributed by atoms with Crippen molar-refractivity contribution in [2.75, 3.05) is 13.6 Å². The minimum atomic E-state index is 0. The van der Waals surface area contributed by atoms with Gasteiger partial charge in [0.15, 0.2) is 0 Å². The lowest BCUT2D eigenvalue weighted by atomic mass is 10.0. The van der Waals surface area contributed by atoms with Gasteiger partial charge in [0.05, 0.1) is 0 Å². The van der Waals surface area contributed by atoms with Crippen molar-refractivity contribution in [3.8, 4) is 0 Å². The number of hydrogen-bond donors (Lipinski definition) is 0. The molecule has 2 aliphatic rings. The summed E-state index contributed by atoms with van der Waals surface area (Å²) < 4.78 is 0. The molecule has 2 rings (SSSR count). The first kappa shape index (κ1) is 10.0. The zero-order valence-electron chi connectivity index (χ0n) is 7.88. The third-order valence-corrected chi connectivity index (χ3v) is 3.27. The van der Waals surface area contributed by atoms with Gasteiger partial charge in [0.25, 0.3) is 0 Å². The van der Waals surface area contributed by atoms with Crippen LogP contribution in [0, 0.1) is 17.8 Å². The number of piperidine rings is 1.